The SMILES string of the molecule is CCN(CC)S(=O)(=O)c1ccc(C(C)NC(=O)c2ccc([N+](=O)[O-])cc2Cl)cc1. The maximum absolute atomic E-state index is 12.5. The summed E-state index contributed by atoms with van der Waals surface area (Å²) in [5.74, 6) is -0.489. The fraction of sp³-hybridized carbons (Fsp3) is 0.316. The number of rotatable bonds is 8. The summed E-state index contributed by atoms with van der Waals surface area (Å²) in [6.45, 7) is 6.05. The van der Waals surface area contributed by atoms with Crippen LogP contribution in [-0.4, -0.2) is 36.6 Å². The quantitative estimate of drug-likeness (QED) is 0.497. The van der Waals surface area contributed by atoms with Crippen LogP contribution in [0.25, 0.3) is 0 Å². The zero-order valence-electron chi connectivity index (χ0n) is 16.3. The van der Waals surface area contributed by atoms with Crippen LogP contribution in [0.4, 0.5) is 5.69 Å². The molecule has 0 radical (unpaired) electrons. The van der Waals surface area contributed by atoms with Gasteiger partial charge in [-0.25, -0.2) is 8.42 Å². The van der Waals surface area contributed by atoms with Crippen LogP contribution in [-0.2, 0) is 10.0 Å². The molecule has 0 bridgehead atoms. The van der Waals surface area contributed by atoms with Crippen molar-refractivity contribution in [3.05, 3.63) is 68.7 Å². The molecule has 2 rings (SSSR count). The van der Waals surface area contributed by atoms with Gasteiger partial charge in [0.15, 0.2) is 0 Å². The van der Waals surface area contributed by atoms with Gasteiger partial charge in [0.2, 0.25) is 10.0 Å². The Hall–Kier alpha value is -2.49. The van der Waals surface area contributed by atoms with Crippen molar-refractivity contribution in [2.75, 3.05) is 13.1 Å². The lowest BCUT2D eigenvalue weighted by Gasteiger charge is -2.19. The molecule has 0 fully saturated rings. The number of halogens is 1. The molecule has 0 aliphatic heterocycles. The number of carbonyl (C=O) groups is 1. The van der Waals surface area contributed by atoms with Gasteiger partial charge in [-0.05, 0) is 30.7 Å². The Bertz CT molecular complexity index is 1010. The molecule has 156 valence electrons. The third-order valence-electron chi connectivity index (χ3n) is 4.48. The molecule has 29 heavy (non-hydrogen) atoms. The van der Waals surface area contributed by atoms with E-state index in [0.717, 1.165) is 6.07 Å². The van der Waals surface area contributed by atoms with Crippen LogP contribution < -0.4 is 5.32 Å². The highest BCUT2D eigenvalue weighted by Gasteiger charge is 2.22. The van der Waals surface area contributed by atoms with E-state index in [1.165, 1.54) is 28.6 Å². The number of nitro benzene ring substituents is 1. The van der Waals surface area contributed by atoms with Gasteiger partial charge >= 0.3 is 0 Å². The maximum Gasteiger partial charge on any atom is 0.270 e. The minimum absolute atomic E-state index is 0.0236. The summed E-state index contributed by atoms with van der Waals surface area (Å²) in [5.41, 5.74) is 0.615. The Kier molecular flexibility index (Phi) is 7.34. The van der Waals surface area contributed by atoms with Crippen molar-refractivity contribution in [1.29, 1.82) is 0 Å². The standard InChI is InChI=1S/C19H22ClN3O5S/c1-4-22(5-2)29(27,28)16-9-6-14(7-10-16)13(3)21-19(24)17-11-8-15(23(25)26)12-18(17)20/h6-13H,4-5H2,1-3H3,(H,21,24). The predicted octanol–water partition coefficient (Wildman–Crippen LogP) is 3.77. The van der Waals surface area contributed by atoms with Crippen molar-refractivity contribution in [2.24, 2.45) is 0 Å². The molecular formula is C19H22ClN3O5S. The second kappa shape index (κ2) is 9.34. The second-order valence-electron chi connectivity index (χ2n) is 6.27. The summed E-state index contributed by atoms with van der Waals surface area (Å²) in [4.78, 5) is 22.8. The predicted molar refractivity (Wildman–Crippen MR) is 111 cm³/mol. The Balaban J connectivity index is 2.16. The van der Waals surface area contributed by atoms with Gasteiger partial charge in [-0.2, -0.15) is 4.31 Å². The summed E-state index contributed by atoms with van der Waals surface area (Å²) in [5, 5.41) is 13.5. The Morgan fingerprint density at radius 1 is 1.17 bits per heavy atom. The first-order valence-corrected chi connectivity index (χ1v) is 10.8. The average Bonchev–Trinajstić information content (AvgIpc) is 2.68. The van der Waals surface area contributed by atoms with Gasteiger partial charge in [0.05, 0.1) is 26.4 Å². The third kappa shape index (κ3) is 5.11. The number of hydrogen-bond acceptors (Lipinski definition) is 5. The van der Waals surface area contributed by atoms with Gasteiger partial charge in [0.1, 0.15) is 0 Å². The van der Waals surface area contributed by atoms with Gasteiger partial charge in [0, 0.05) is 25.2 Å². The molecule has 0 heterocycles. The molecule has 1 N–H and O–H groups in total. The first-order valence-electron chi connectivity index (χ1n) is 8.96. The highest BCUT2D eigenvalue weighted by atomic mass is 35.5. The smallest absolute Gasteiger partial charge is 0.270 e. The summed E-state index contributed by atoms with van der Waals surface area (Å²) in [6, 6.07) is 9.47. The van der Waals surface area contributed by atoms with E-state index in [2.05, 4.69) is 5.32 Å². The molecule has 2 aromatic carbocycles. The average molecular weight is 440 g/mol. The molecule has 0 aliphatic rings. The maximum atomic E-state index is 12.5. The molecule has 0 aromatic heterocycles. The zero-order chi connectivity index (χ0) is 21.8. The van der Waals surface area contributed by atoms with Gasteiger partial charge in [-0.15, -0.1) is 0 Å². The second-order valence-corrected chi connectivity index (χ2v) is 8.62. The fourth-order valence-corrected chi connectivity index (χ4v) is 4.52. The Labute approximate surface area is 174 Å². The van der Waals surface area contributed by atoms with Crippen LogP contribution in [0.1, 0.15) is 42.7 Å². The number of nitro groups is 1. The molecule has 1 unspecified atom stereocenters. The Morgan fingerprint density at radius 3 is 2.24 bits per heavy atom. The van der Waals surface area contributed by atoms with Gasteiger partial charge < -0.3 is 5.32 Å². The number of benzene rings is 2. The highest BCUT2D eigenvalue weighted by Crippen LogP contribution is 2.24. The number of hydrogen-bond donors (Lipinski definition) is 1. The van der Waals surface area contributed by atoms with Crippen molar-refractivity contribution in [2.45, 2.75) is 31.7 Å². The van der Waals surface area contributed by atoms with Gasteiger partial charge in [-0.1, -0.05) is 37.6 Å². The molecule has 10 heteroatoms. The van der Waals surface area contributed by atoms with E-state index in [4.69, 9.17) is 11.6 Å². The number of nitrogens with zero attached hydrogens (tertiary/aromatic N) is 2. The summed E-state index contributed by atoms with van der Waals surface area (Å²) < 4.78 is 26.5. The van der Waals surface area contributed by atoms with Gasteiger partial charge in [-0.3, -0.25) is 14.9 Å². The van der Waals surface area contributed by atoms with Gasteiger partial charge in [0.25, 0.3) is 11.6 Å². The normalized spacial score (nSPS) is 12.6. The zero-order valence-corrected chi connectivity index (χ0v) is 17.8. The van der Waals surface area contributed by atoms with Crippen molar-refractivity contribution in [3.63, 3.8) is 0 Å². The van der Waals surface area contributed by atoms with E-state index < -0.39 is 26.9 Å². The molecule has 2 aromatic rings. The summed E-state index contributed by atoms with van der Waals surface area (Å²) in [7, 11) is -3.55. The number of sulfonamides is 1. The molecule has 0 spiro atoms. The largest absolute Gasteiger partial charge is 0.345 e. The molecule has 8 nitrogen and oxygen atoms in total. The molecular weight excluding hydrogens is 418 g/mol. The number of carbonyl (C=O) groups excluding carboxylic acids is 1. The number of non-ortho nitro benzene ring substituents is 1. The molecule has 1 amide bonds. The molecule has 1 atom stereocenters. The van der Waals surface area contributed by atoms with E-state index in [-0.39, 0.29) is 21.2 Å². The third-order valence-corrected chi connectivity index (χ3v) is 6.86. The molecule has 0 saturated heterocycles. The van der Waals surface area contributed by atoms with Crippen LogP contribution in [0.15, 0.2) is 47.4 Å². The van der Waals surface area contributed by atoms with Crippen LogP contribution in [0.5, 0.6) is 0 Å². The monoisotopic (exact) mass is 439 g/mol. The summed E-state index contributed by atoms with van der Waals surface area (Å²) in [6.07, 6.45) is 0. The van der Waals surface area contributed by atoms with Crippen LogP contribution in [0, 0.1) is 10.1 Å². The minimum Gasteiger partial charge on any atom is -0.345 e. The highest BCUT2D eigenvalue weighted by molar-refractivity contribution is 7.89. The van der Waals surface area contributed by atoms with Crippen LogP contribution >= 0.6 is 11.6 Å². The lowest BCUT2D eigenvalue weighted by atomic mass is 10.1. The molecule has 0 saturated carbocycles. The van der Waals surface area contributed by atoms with Crippen LogP contribution in [0.3, 0.4) is 0 Å². The molecule has 0 aliphatic carbocycles. The van der Waals surface area contributed by atoms with E-state index in [9.17, 15) is 23.3 Å². The van der Waals surface area contributed by atoms with Crippen molar-refractivity contribution in [3.8, 4) is 0 Å². The van der Waals surface area contributed by atoms with E-state index in [1.54, 1.807) is 32.9 Å². The Morgan fingerprint density at radius 2 is 1.76 bits per heavy atom. The van der Waals surface area contributed by atoms with E-state index >= 15 is 0 Å². The van der Waals surface area contributed by atoms with Crippen molar-refractivity contribution < 1.29 is 18.1 Å². The van der Waals surface area contributed by atoms with E-state index in [1.807, 2.05) is 0 Å². The van der Waals surface area contributed by atoms with Crippen LogP contribution in [0.2, 0.25) is 5.02 Å². The topological polar surface area (TPSA) is 110 Å². The minimum atomic E-state index is -3.55. The first-order chi connectivity index (χ1) is 13.6. The lowest BCUT2D eigenvalue weighted by Crippen LogP contribution is -2.30. The van der Waals surface area contributed by atoms with Crippen molar-refractivity contribution >= 4 is 33.2 Å². The fourth-order valence-electron chi connectivity index (χ4n) is 2.80. The lowest BCUT2D eigenvalue weighted by molar-refractivity contribution is -0.384. The summed E-state index contributed by atoms with van der Waals surface area (Å²) >= 11 is 5.99. The van der Waals surface area contributed by atoms with E-state index in [0.29, 0.717) is 18.7 Å². The number of nitrogens with one attached hydrogen (secondary N) is 1. The van der Waals surface area contributed by atoms with Crippen molar-refractivity contribution in [1.82, 2.24) is 9.62 Å². The number of amides is 1. The first kappa shape index (κ1) is 22.8.